The number of piperidine rings is 1. The summed E-state index contributed by atoms with van der Waals surface area (Å²) in [5.41, 5.74) is 0.366. The first-order chi connectivity index (χ1) is 9.66. The fourth-order valence-corrected chi connectivity index (χ4v) is 2.76. The highest BCUT2D eigenvalue weighted by Crippen LogP contribution is 2.16. The van der Waals surface area contributed by atoms with Crippen molar-refractivity contribution in [3.63, 3.8) is 0 Å². The van der Waals surface area contributed by atoms with E-state index in [9.17, 15) is 9.50 Å². The topological polar surface area (TPSA) is 35.5 Å². The second-order valence-electron chi connectivity index (χ2n) is 5.71. The average molecular weight is 280 g/mol. The van der Waals surface area contributed by atoms with Crippen LogP contribution in [0.3, 0.4) is 0 Å². The molecule has 0 amide bonds. The van der Waals surface area contributed by atoms with Crippen molar-refractivity contribution in [2.75, 3.05) is 26.2 Å². The van der Waals surface area contributed by atoms with Crippen LogP contribution in [0, 0.1) is 5.82 Å². The number of hydrogen-bond donors (Lipinski definition) is 2. The summed E-state index contributed by atoms with van der Waals surface area (Å²) in [7, 11) is 0. The van der Waals surface area contributed by atoms with E-state index in [1.165, 1.54) is 38.4 Å². The third kappa shape index (κ3) is 4.54. The van der Waals surface area contributed by atoms with Gasteiger partial charge in [-0.1, -0.05) is 24.6 Å². The van der Waals surface area contributed by atoms with Crippen LogP contribution >= 0.6 is 0 Å². The van der Waals surface area contributed by atoms with Crippen LogP contribution in [0.4, 0.5) is 4.39 Å². The van der Waals surface area contributed by atoms with Crippen molar-refractivity contribution in [1.29, 1.82) is 0 Å². The van der Waals surface area contributed by atoms with Gasteiger partial charge in [-0.05, 0) is 38.9 Å². The maximum atomic E-state index is 13.5. The van der Waals surface area contributed by atoms with Gasteiger partial charge in [0.25, 0.3) is 0 Å². The number of hydrogen-bond acceptors (Lipinski definition) is 3. The molecule has 20 heavy (non-hydrogen) atoms. The standard InChI is InChI=1S/C16H25FN2O/c1-13(12-19-9-5-2-6-10-19)18-11-16(20)14-7-3-4-8-15(14)17/h3-4,7-8,13,16,18,20H,2,5-6,9-12H2,1H3. The van der Waals surface area contributed by atoms with Gasteiger partial charge >= 0.3 is 0 Å². The van der Waals surface area contributed by atoms with E-state index in [0.29, 0.717) is 18.2 Å². The monoisotopic (exact) mass is 280 g/mol. The zero-order chi connectivity index (χ0) is 14.4. The lowest BCUT2D eigenvalue weighted by Crippen LogP contribution is -2.42. The molecule has 0 saturated carbocycles. The van der Waals surface area contributed by atoms with E-state index in [4.69, 9.17) is 0 Å². The molecule has 0 radical (unpaired) electrons. The Hall–Kier alpha value is -0.970. The third-order valence-corrected chi connectivity index (χ3v) is 3.90. The molecule has 1 aliphatic heterocycles. The van der Waals surface area contributed by atoms with Crippen LogP contribution < -0.4 is 5.32 Å². The number of likely N-dealkylation sites (tertiary alicyclic amines) is 1. The Morgan fingerprint density at radius 1 is 1.25 bits per heavy atom. The molecule has 2 rings (SSSR count). The van der Waals surface area contributed by atoms with Crippen molar-refractivity contribution in [2.45, 2.75) is 38.3 Å². The quantitative estimate of drug-likeness (QED) is 0.839. The van der Waals surface area contributed by atoms with Gasteiger partial charge in [0.1, 0.15) is 5.82 Å². The second kappa shape index (κ2) is 7.72. The Balaban J connectivity index is 1.75. The largest absolute Gasteiger partial charge is 0.387 e. The van der Waals surface area contributed by atoms with Gasteiger partial charge in [0.05, 0.1) is 6.10 Å². The summed E-state index contributed by atoms with van der Waals surface area (Å²) < 4.78 is 13.5. The summed E-state index contributed by atoms with van der Waals surface area (Å²) >= 11 is 0. The zero-order valence-corrected chi connectivity index (χ0v) is 12.2. The SMILES string of the molecule is CC(CN1CCCCC1)NCC(O)c1ccccc1F. The second-order valence-corrected chi connectivity index (χ2v) is 5.71. The van der Waals surface area contributed by atoms with Crippen LogP contribution in [0.15, 0.2) is 24.3 Å². The van der Waals surface area contributed by atoms with Crippen LogP contribution in [-0.4, -0.2) is 42.2 Å². The predicted molar refractivity (Wildman–Crippen MR) is 79.1 cm³/mol. The van der Waals surface area contributed by atoms with Crippen molar-refractivity contribution in [3.8, 4) is 0 Å². The molecule has 0 aliphatic carbocycles. The van der Waals surface area contributed by atoms with Crippen molar-refractivity contribution in [1.82, 2.24) is 10.2 Å². The van der Waals surface area contributed by atoms with E-state index in [0.717, 1.165) is 6.54 Å². The highest BCUT2D eigenvalue weighted by atomic mass is 19.1. The molecular formula is C16H25FN2O. The van der Waals surface area contributed by atoms with Crippen molar-refractivity contribution in [3.05, 3.63) is 35.6 Å². The van der Waals surface area contributed by atoms with Crippen LogP contribution in [0.25, 0.3) is 0 Å². The normalized spacial score (nSPS) is 19.8. The number of rotatable bonds is 6. The fraction of sp³-hybridized carbons (Fsp3) is 0.625. The van der Waals surface area contributed by atoms with Gasteiger partial charge in [-0.15, -0.1) is 0 Å². The van der Waals surface area contributed by atoms with Gasteiger partial charge in [-0.25, -0.2) is 4.39 Å². The Morgan fingerprint density at radius 3 is 2.65 bits per heavy atom. The molecular weight excluding hydrogens is 255 g/mol. The van der Waals surface area contributed by atoms with Gasteiger partial charge in [-0.2, -0.15) is 0 Å². The molecule has 1 aromatic rings. The number of aliphatic hydroxyl groups is 1. The number of benzene rings is 1. The highest BCUT2D eigenvalue weighted by molar-refractivity contribution is 5.19. The summed E-state index contributed by atoms with van der Waals surface area (Å²) in [6, 6.07) is 6.71. The van der Waals surface area contributed by atoms with E-state index < -0.39 is 6.10 Å². The first-order valence-electron chi connectivity index (χ1n) is 7.55. The summed E-state index contributed by atoms with van der Waals surface area (Å²) in [4.78, 5) is 2.46. The molecule has 1 heterocycles. The molecule has 2 N–H and O–H groups in total. The minimum Gasteiger partial charge on any atom is -0.387 e. The van der Waals surface area contributed by atoms with Crippen LogP contribution in [0.5, 0.6) is 0 Å². The van der Waals surface area contributed by atoms with Gasteiger partial charge in [-0.3, -0.25) is 0 Å². The molecule has 112 valence electrons. The lowest BCUT2D eigenvalue weighted by molar-refractivity contribution is 0.156. The number of nitrogens with one attached hydrogen (secondary N) is 1. The molecule has 1 aromatic carbocycles. The number of aliphatic hydroxyl groups excluding tert-OH is 1. The molecule has 2 unspecified atom stereocenters. The molecule has 1 fully saturated rings. The Labute approximate surface area is 120 Å². The average Bonchev–Trinajstić information content (AvgIpc) is 2.46. The van der Waals surface area contributed by atoms with Crippen molar-refractivity contribution in [2.24, 2.45) is 0 Å². The lowest BCUT2D eigenvalue weighted by Gasteiger charge is -2.29. The van der Waals surface area contributed by atoms with Gasteiger partial charge in [0.15, 0.2) is 0 Å². The molecule has 4 heteroatoms. The van der Waals surface area contributed by atoms with Crippen LogP contribution in [-0.2, 0) is 0 Å². The highest BCUT2D eigenvalue weighted by Gasteiger charge is 2.16. The third-order valence-electron chi connectivity index (χ3n) is 3.90. The summed E-state index contributed by atoms with van der Waals surface area (Å²) in [5, 5.41) is 13.3. The molecule has 1 saturated heterocycles. The molecule has 3 nitrogen and oxygen atoms in total. The van der Waals surface area contributed by atoms with E-state index in [1.807, 2.05) is 0 Å². The Kier molecular flexibility index (Phi) is 5.95. The molecule has 1 aliphatic rings. The number of nitrogens with zero attached hydrogens (tertiary/aromatic N) is 1. The summed E-state index contributed by atoms with van der Waals surface area (Å²) in [6.07, 6.45) is 3.11. The van der Waals surface area contributed by atoms with E-state index in [2.05, 4.69) is 17.1 Å². The van der Waals surface area contributed by atoms with Crippen LogP contribution in [0.2, 0.25) is 0 Å². The maximum Gasteiger partial charge on any atom is 0.129 e. The lowest BCUT2D eigenvalue weighted by atomic mass is 10.1. The molecule has 0 spiro atoms. The fourth-order valence-electron chi connectivity index (χ4n) is 2.76. The molecule has 0 aromatic heterocycles. The minimum absolute atomic E-state index is 0.300. The van der Waals surface area contributed by atoms with E-state index >= 15 is 0 Å². The number of halogens is 1. The van der Waals surface area contributed by atoms with Crippen molar-refractivity contribution < 1.29 is 9.50 Å². The Bertz CT molecular complexity index is 407. The van der Waals surface area contributed by atoms with Gasteiger partial charge in [0.2, 0.25) is 0 Å². The summed E-state index contributed by atoms with van der Waals surface area (Å²) in [6.45, 7) is 5.83. The first-order valence-corrected chi connectivity index (χ1v) is 7.55. The van der Waals surface area contributed by atoms with Gasteiger partial charge in [0, 0.05) is 24.7 Å². The van der Waals surface area contributed by atoms with Crippen LogP contribution in [0.1, 0.15) is 37.9 Å². The smallest absolute Gasteiger partial charge is 0.129 e. The van der Waals surface area contributed by atoms with E-state index in [1.54, 1.807) is 18.2 Å². The molecule has 2 atom stereocenters. The summed E-state index contributed by atoms with van der Waals surface area (Å²) in [5.74, 6) is -0.342. The Morgan fingerprint density at radius 2 is 1.95 bits per heavy atom. The van der Waals surface area contributed by atoms with E-state index in [-0.39, 0.29) is 5.82 Å². The van der Waals surface area contributed by atoms with Gasteiger partial charge < -0.3 is 15.3 Å². The maximum absolute atomic E-state index is 13.5. The molecule has 0 bridgehead atoms. The predicted octanol–water partition coefficient (Wildman–Crippen LogP) is 2.32. The zero-order valence-electron chi connectivity index (χ0n) is 12.2. The van der Waals surface area contributed by atoms with Crippen molar-refractivity contribution >= 4 is 0 Å². The minimum atomic E-state index is -0.792. The first kappa shape index (κ1) is 15.4.